The molecule has 6 nitrogen and oxygen atoms in total. The Morgan fingerprint density at radius 3 is 2.97 bits per heavy atom. The van der Waals surface area contributed by atoms with Crippen molar-refractivity contribution in [2.75, 3.05) is 6.54 Å². The Morgan fingerprint density at radius 2 is 2.07 bits per heavy atom. The van der Waals surface area contributed by atoms with Crippen LogP contribution in [0.4, 0.5) is 0 Å². The van der Waals surface area contributed by atoms with Crippen LogP contribution in [0, 0.1) is 0 Å². The van der Waals surface area contributed by atoms with Gasteiger partial charge in [0, 0.05) is 24.0 Å². The normalized spacial score (nSPS) is 16.3. The van der Waals surface area contributed by atoms with Crippen molar-refractivity contribution >= 4 is 38.4 Å². The predicted octanol–water partition coefficient (Wildman–Crippen LogP) is 4.48. The van der Waals surface area contributed by atoms with Crippen LogP contribution in [0.1, 0.15) is 28.2 Å². The zero-order valence-electron chi connectivity index (χ0n) is 16.0. The van der Waals surface area contributed by atoms with E-state index < -0.39 is 0 Å². The lowest BCUT2D eigenvalue weighted by Gasteiger charge is -2.33. The minimum absolute atomic E-state index is 0.0353. The quantitative estimate of drug-likeness (QED) is 0.472. The van der Waals surface area contributed by atoms with Crippen molar-refractivity contribution in [2.45, 2.75) is 18.9 Å². The summed E-state index contributed by atoms with van der Waals surface area (Å²) in [7, 11) is 0. The molecule has 0 bridgehead atoms. The van der Waals surface area contributed by atoms with Crippen molar-refractivity contribution in [2.24, 2.45) is 0 Å². The third-order valence-electron chi connectivity index (χ3n) is 5.60. The molecule has 4 heterocycles. The lowest BCUT2D eigenvalue weighted by atomic mass is 10.00. The number of nitrogens with one attached hydrogen (secondary N) is 1. The van der Waals surface area contributed by atoms with Crippen LogP contribution in [0.25, 0.3) is 21.2 Å². The fourth-order valence-electron chi connectivity index (χ4n) is 4.20. The van der Waals surface area contributed by atoms with Crippen LogP contribution in [0.5, 0.6) is 0 Å². The Morgan fingerprint density at radius 1 is 1.20 bits per heavy atom. The van der Waals surface area contributed by atoms with E-state index in [2.05, 4.69) is 15.0 Å². The first-order chi connectivity index (χ1) is 14.8. The minimum atomic E-state index is -0.339. The van der Waals surface area contributed by atoms with Crippen LogP contribution < -0.4 is 0 Å². The molecule has 2 aromatic carbocycles. The first kappa shape index (κ1) is 17.4. The summed E-state index contributed by atoms with van der Waals surface area (Å²) in [6.45, 7) is 0.612. The molecule has 0 spiro atoms. The molecule has 1 aliphatic heterocycles. The van der Waals surface area contributed by atoms with Crippen molar-refractivity contribution in [1.29, 1.82) is 0 Å². The highest BCUT2D eigenvalue weighted by Crippen LogP contribution is 2.36. The number of H-pyrrole nitrogens is 1. The van der Waals surface area contributed by atoms with Crippen LogP contribution in [0.3, 0.4) is 0 Å². The van der Waals surface area contributed by atoms with Crippen LogP contribution in [0.2, 0.25) is 0 Å². The lowest BCUT2D eigenvalue weighted by molar-refractivity contribution is -0.133. The molecule has 3 aromatic heterocycles. The van der Waals surface area contributed by atoms with Gasteiger partial charge < -0.3 is 14.3 Å². The third-order valence-corrected chi connectivity index (χ3v) is 6.64. The number of aromatic nitrogens is 3. The number of furan rings is 1. The van der Waals surface area contributed by atoms with E-state index in [0.717, 1.165) is 49.8 Å². The first-order valence-corrected chi connectivity index (χ1v) is 10.7. The number of carbonyl (C=O) groups is 1. The lowest BCUT2D eigenvalue weighted by Crippen LogP contribution is -2.41. The summed E-state index contributed by atoms with van der Waals surface area (Å²) in [5.74, 6) is 0.773. The summed E-state index contributed by atoms with van der Waals surface area (Å²) in [6, 6.07) is 17.6. The Balaban J connectivity index is 1.37. The average Bonchev–Trinajstić information content (AvgIpc) is 3.49. The summed E-state index contributed by atoms with van der Waals surface area (Å²) in [5, 5.41) is 1.85. The molecule has 1 N–H and O–H groups in total. The molecule has 1 amide bonds. The molecule has 1 atom stereocenters. The molecule has 6 rings (SSSR count). The maximum absolute atomic E-state index is 13.4. The van der Waals surface area contributed by atoms with Gasteiger partial charge in [-0.15, -0.1) is 11.3 Å². The fourth-order valence-corrected chi connectivity index (χ4v) is 5.16. The zero-order chi connectivity index (χ0) is 20.1. The van der Waals surface area contributed by atoms with Gasteiger partial charge in [0.05, 0.1) is 28.7 Å². The monoisotopic (exact) mass is 414 g/mol. The Kier molecular flexibility index (Phi) is 3.95. The number of carbonyl (C=O) groups excluding carboxylic acids is 1. The molecule has 148 valence electrons. The molecule has 0 fully saturated rings. The van der Waals surface area contributed by atoms with E-state index in [1.54, 1.807) is 17.7 Å². The number of rotatable bonds is 3. The zero-order valence-corrected chi connectivity index (χ0v) is 16.9. The summed E-state index contributed by atoms with van der Waals surface area (Å²) >= 11 is 1.57. The molecule has 0 aliphatic carbocycles. The highest BCUT2D eigenvalue weighted by Gasteiger charge is 2.36. The van der Waals surface area contributed by atoms with Gasteiger partial charge in [0.2, 0.25) is 5.91 Å². The van der Waals surface area contributed by atoms with Crippen molar-refractivity contribution in [1.82, 2.24) is 19.9 Å². The average molecular weight is 414 g/mol. The maximum atomic E-state index is 13.4. The van der Waals surface area contributed by atoms with Crippen molar-refractivity contribution < 1.29 is 9.21 Å². The van der Waals surface area contributed by atoms with Crippen LogP contribution in [0.15, 0.2) is 65.3 Å². The predicted molar refractivity (Wildman–Crippen MR) is 115 cm³/mol. The molecule has 0 saturated heterocycles. The molecule has 0 unspecified atom stereocenters. The highest BCUT2D eigenvalue weighted by molar-refractivity contribution is 7.18. The molecular weight excluding hydrogens is 396 g/mol. The van der Waals surface area contributed by atoms with E-state index in [4.69, 9.17) is 4.42 Å². The third kappa shape index (κ3) is 2.81. The highest BCUT2D eigenvalue weighted by atomic mass is 32.1. The van der Waals surface area contributed by atoms with Gasteiger partial charge >= 0.3 is 0 Å². The van der Waals surface area contributed by atoms with Gasteiger partial charge in [-0.05, 0) is 24.3 Å². The van der Waals surface area contributed by atoms with E-state index in [1.807, 2.05) is 59.5 Å². The first-order valence-electron chi connectivity index (χ1n) is 9.91. The molecule has 1 aliphatic rings. The molecule has 0 saturated carbocycles. The topological polar surface area (TPSA) is 75.0 Å². The Bertz CT molecular complexity index is 1320. The van der Waals surface area contributed by atoms with Crippen LogP contribution >= 0.6 is 11.3 Å². The number of imidazole rings is 1. The summed E-state index contributed by atoms with van der Waals surface area (Å²) < 4.78 is 7.25. The molecule has 30 heavy (non-hydrogen) atoms. The summed E-state index contributed by atoms with van der Waals surface area (Å²) in [6.07, 6.45) is 2.72. The smallest absolute Gasteiger partial charge is 0.230 e. The summed E-state index contributed by atoms with van der Waals surface area (Å²) in [4.78, 5) is 27.7. The van der Waals surface area contributed by atoms with Crippen LogP contribution in [-0.4, -0.2) is 32.3 Å². The van der Waals surface area contributed by atoms with Crippen molar-refractivity contribution in [3.8, 4) is 0 Å². The van der Waals surface area contributed by atoms with Crippen molar-refractivity contribution in [3.05, 3.63) is 83.1 Å². The Labute approximate surface area is 176 Å². The van der Waals surface area contributed by atoms with Gasteiger partial charge in [0.15, 0.2) is 0 Å². The minimum Gasteiger partial charge on any atom is -0.458 e. The number of hydrogen-bond donors (Lipinski definition) is 1. The van der Waals surface area contributed by atoms with E-state index in [9.17, 15) is 4.79 Å². The van der Waals surface area contributed by atoms with E-state index in [0.29, 0.717) is 6.54 Å². The summed E-state index contributed by atoms with van der Waals surface area (Å²) in [5.41, 5.74) is 3.67. The second kappa shape index (κ2) is 6.81. The number of benzene rings is 2. The van der Waals surface area contributed by atoms with E-state index in [1.165, 1.54) is 0 Å². The molecule has 7 heteroatoms. The number of thiazole rings is 1. The van der Waals surface area contributed by atoms with Gasteiger partial charge in [0.1, 0.15) is 22.4 Å². The van der Waals surface area contributed by atoms with Gasteiger partial charge in [0.25, 0.3) is 0 Å². The van der Waals surface area contributed by atoms with Gasteiger partial charge in [-0.2, -0.15) is 0 Å². The number of amides is 1. The number of para-hydroxylation sites is 2. The van der Waals surface area contributed by atoms with Crippen LogP contribution in [-0.2, 0) is 17.6 Å². The van der Waals surface area contributed by atoms with E-state index >= 15 is 0 Å². The number of nitrogens with zero attached hydrogens (tertiary/aromatic N) is 3. The van der Waals surface area contributed by atoms with Gasteiger partial charge in [-0.25, -0.2) is 9.97 Å². The van der Waals surface area contributed by atoms with E-state index in [-0.39, 0.29) is 18.4 Å². The standard InChI is InChI=1S/C23H18N4O2S/c28-21(12-20-26-15-6-2-4-8-19(15)30-20)27-10-9-16-22(25-13-24-16)23(27)18-11-14-5-1-3-7-17(14)29-18/h1-8,11,13,23H,9-10,12H2,(H,24,25)/t23-/m0/s1. The Hall–Kier alpha value is -3.45. The maximum Gasteiger partial charge on any atom is 0.230 e. The number of hydrogen-bond acceptors (Lipinski definition) is 5. The molecule has 0 radical (unpaired) electrons. The SMILES string of the molecule is O=C(Cc1nc2ccccc2s1)N1CCc2[nH]cnc2[C@@H]1c1cc2ccccc2o1. The van der Waals surface area contributed by atoms with Gasteiger partial charge in [-0.3, -0.25) is 4.79 Å². The molecule has 5 aromatic rings. The second-order valence-electron chi connectivity index (χ2n) is 7.44. The van der Waals surface area contributed by atoms with Crippen molar-refractivity contribution in [3.63, 3.8) is 0 Å². The number of aromatic amines is 1. The number of fused-ring (bicyclic) bond motifs is 3. The molecular formula is C23H18N4O2S. The second-order valence-corrected chi connectivity index (χ2v) is 8.56. The largest absolute Gasteiger partial charge is 0.458 e. The van der Waals surface area contributed by atoms with Gasteiger partial charge in [-0.1, -0.05) is 30.3 Å². The fraction of sp³-hybridized carbons (Fsp3) is 0.174.